The van der Waals surface area contributed by atoms with Crippen molar-refractivity contribution in [3.8, 4) is 0 Å². The number of likely N-dealkylation sites (tertiary alicyclic amines) is 1. The first-order chi connectivity index (χ1) is 12.3. The minimum absolute atomic E-state index is 0. The summed E-state index contributed by atoms with van der Waals surface area (Å²) in [6.07, 6.45) is 6.79. The summed E-state index contributed by atoms with van der Waals surface area (Å²) < 4.78 is 0. The van der Waals surface area contributed by atoms with Crippen molar-refractivity contribution in [2.75, 3.05) is 32.4 Å². The van der Waals surface area contributed by atoms with Gasteiger partial charge < -0.3 is 10.6 Å². The summed E-state index contributed by atoms with van der Waals surface area (Å²) in [4.78, 5) is 6.91. The maximum absolute atomic E-state index is 4.34. The molecule has 0 aromatic heterocycles. The highest BCUT2D eigenvalue weighted by Gasteiger charge is 2.15. The van der Waals surface area contributed by atoms with Crippen molar-refractivity contribution < 1.29 is 0 Å². The molecular formula is C20H33IN4S. The molecule has 6 heteroatoms. The first-order valence-corrected chi connectivity index (χ1v) is 10.7. The van der Waals surface area contributed by atoms with Gasteiger partial charge in [0.05, 0.1) is 0 Å². The molecule has 4 nitrogen and oxygen atoms in total. The van der Waals surface area contributed by atoms with Crippen molar-refractivity contribution >= 4 is 41.7 Å². The third-order valence-corrected chi connectivity index (χ3v) is 6.48. The summed E-state index contributed by atoms with van der Waals surface area (Å²) in [5, 5.41) is 7.63. The largest absolute Gasteiger partial charge is 0.355 e. The van der Waals surface area contributed by atoms with E-state index in [0.717, 1.165) is 30.8 Å². The fourth-order valence-electron chi connectivity index (χ4n) is 3.56. The van der Waals surface area contributed by atoms with Gasteiger partial charge in [-0.15, -0.1) is 24.0 Å². The normalized spacial score (nSPS) is 21.3. The summed E-state index contributed by atoms with van der Waals surface area (Å²) >= 11 is 2.08. The number of guanidine groups is 1. The molecular weight excluding hydrogens is 455 g/mol. The molecule has 2 N–H and O–H groups in total. The van der Waals surface area contributed by atoms with E-state index < -0.39 is 0 Å². The van der Waals surface area contributed by atoms with Crippen molar-refractivity contribution in [1.29, 1.82) is 0 Å². The van der Waals surface area contributed by atoms with Gasteiger partial charge in [0, 0.05) is 31.9 Å². The minimum Gasteiger partial charge on any atom is -0.355 e. The lowest BCUT2D eigenvalue weighted by Gasteiger charge is -2.26. The van der Waals surface area contributed by atoms with E-state index >= 15 is 0 Å². The Hall–Kier alpha value is -0.470. The summed E-state index contributed by atoms with van der Waals surface area (Å²) in [6.45, 7) is 5.44. The fourth-order valence-corrected chi connectivity index (χ4v) is 4.76. The van der Waals surface area contributed by atoms with Gasteiger partial charge in [0.15, 0.2) is 5.96 Å². The van der Waals surface area contributed by atoms with Gasteiger partial charge in [0.1, 0.15) is 0 Å². The molecule has 1 unspecified atom stereocenters. The van der Waals surface area contributed by atoms with E-state index in [1.54, 1.807) is 0 Å². The van der Waals surface area contributed by atoms with Crippen LogP contribution in [0.1, 0.15) is 43.2 Å². The molecule has 1 aromatic rings. The molecule has 0 spiro atoms. The Kier molecular flexibility index (Phi) is 10.1. The van der Waals surface area contributed by atoms with E-state index in [4.69, 9.17) is 0 Å². The van der Waals surface area contributed by atoms with Crippen molar-refractivity contribution in [3.05, 3.63) is 35.4 Å². The molecule has 3 rings (SSSR count). The first kappa shape index (κ1) is 21.8. The van der Waals surface area contributed by atoms with E-state index in [1.165, 1.54) is 62.1 Å². The second-order valence-corrected chi connectivity index (χ2v) is 8.50. The molecule has 0 bridgehead atoms. The van der Waals surface area contributed by atoms with Crippen LogP contribution >= 0.6 is 35.7 Å². The predicted octanol–water partition coefficient (Wildman–Crippen LogP) is 3.85. The smallest absolute Gasteiger partial charge is 0.191 e. The Balaban J connectivity index is 0.00000243. The van der Waals surface area contributed by atoms with Gasteiger partial charge in [-0.25, -0.2) is 0 Å². The van der Waals surface area contributed by atoms with Crippen molar-refractivity contribution in [1.82, 2.24) is 15.5 Å². The molecule has 26 heavy (non-hydrogen) atoms. The SMILES string of the molecule is CN=C(NCc1ccc(CN2CCCCC2)cc1)NCC1CCCS1.I. The number of piperidine rings is 1. The molecule has 1 aromatic carbocycles. The second-order valence-electron chi connectivity index (χ2n) is 7.10. The Bertz CT molecular complexity index is 537. The number of halogens is 1. The lowest BCUT2D eigenvalue weighted by molar-refractivity contribution is 0.221. The summed E-state index contributed by atoms with van der Waals surface area (Å²) in [7, 11) is 1.85. The summed E-state index contributed by atoms with van der Waals surface area (Å²) in [5.74, 6) is 2.22. The van der Waals surface area contributed by atoms with Crippen LogP contribution in [-0.2, 0) is 13.1 Å². The van der Waals surface area contributed by atoms with E-state index in [0.29, 0.717) is 0 Å². The number of nitrogens with zero attached hydrogens (tertiary/aromatic N) is 2. The maximum atomic E-state index is 4.34. The van der Waals surface area contributed by atoms with Gasteiger partial charge >= 0.3 is 0 Å². The van der Waals surface area contributed by atoms with Crippen LogP contribution in [0.2, 0.25) is 0 Å². The monoisotopic (exact) mass is 488 g/mol. The van der Waals surface area contributed by atoms with E-state index in [1.807, 2.05) is 7.05 Å². The number of aliphatic imine (C=N–C) groups is 1. The molecule has 2 saturated heterocycles. The topological polar surface area (TPSA) is 39.7 Å². The average Bonchev–Trinajstić information content (AvgIpc) is 3.18. The van der Waals surface area contributed by atoms with Gasteiger partial charge in [0.2, 0.25) is 0 Å². The zero-order chi connectivity index (χ0) is 17.3. The van der Waals surface area contributed by atoms with Crippen molar-refractivity contribution in [2.45, 2.75) is 50.4 Å². The highest BCUT2D eigenvalue weighted by atomic mass is 127. The Morgan fingerprint density at radius 1 is 1.08 bits per heavy atom. The highest BCUT2D eigenvalue weighted by Crippen LogP contribution is 2.25. The molecule has 1 atom stereocenters. The molecule has 2 fully saturated rings. The summed E-state index contributed by atoms with van der Waals surface area (Å²) in [6, 6.07) is 9.03. The van der Waals surface area contributed by atoms with Crippen LogP contribution in [0.25, 0.3) is 0 Å². The number of nitrogens with one attached hydrogen (secondary N) is 2. The molecule has 0 saturated carbocycles. The quantitative estimate of drug-likeness (QED) is 0.363. The molecule has 0 aliphatic carbocycles. The Morgan fingerprint density at radius 3 is 2.46 bits per heavy atom. The molecule has 2 heterocycles. The van der Waals surface area contributed by atoms with Gasteiger partial charge in [-0.2, -0.15) is 11.8 Å². The standard InChI is InChI=1S/C20H32N4S.HI/c1-21-20(23-15-19-6-5-13-25-19)22-14-17-7-9-18(10-8-17)16-24-11-3-2-4-12-24;/h7-10,19H,2-6,11-16H2,1H3,(H2,21,22,23);1H. The number of benzene rings is 1. The van der Waals surface area contributed by atoms with E-state index in [2.05, 4.69) is 56.6 Å². The van der Waals surface area contributed by atoms with E-state index in [-0.39, 0.29) is 24.0 Å². The summed E-state index contributed by atoms with van der Waals surface area (Å²) in [5.41, 5.74) is 2.73. The maximum Gasteiger partial charge on any atom is 0.191 e. The number of hydrogen-bond donors (Lipinski definition) is 2. The zero-order valence-electron chi connectivity index (χ0n) is 15.9. The van der Waals surface area contributed by atoms with Crippen LogP contribution in [-0.4, -0.2) is 48.5 Å². The number of thioether (sulfide) groups is 1. The second kappa shape index (κ2) is 12.1. The third kappa shape index (κ3) is 7.27. The zero-order valence-corrected chi connectivity index (χ0v) is 19.0. The van der Waals surface area contributed by atoms with Crippen LogP contribution < -0.4 is 10.6 Å². The van der Waals surface area contributed by atoms with Gasteiger partial charge in [-0.3, -0.25) is 9.89 Å². The third-order valence-electron chi connectivity index (χ3n) is 5.08. The van der Waals surface area contributed by atoms with E-state index in [9.17, 15) is 0 Å². The lowest BCUT2D eigenvalue weighted by atomic mass is 10.1. The first-order valence-electron chi connectivity index (χ1n) is 9.70. The van der Waals surface area contributed by atoms with Gasteiger partial charge in [-0.1, -0.05) is 30.7 Å². The van der Waals surface area contributed by atoms with Crippen molar-refractivity contribution in [3.63, 3.8) is 0 Å². The van der Waals surface area contributed by atoms with Crippen LogP contribution in [0.5, 0.6) is 0 Å². The average molecular weight is 488 g/mol. The predicted molar refractivity (Wildman–Crippen MR) is 125 cm³/mol. The molecule has 0 radical (unpaired) electrons. The van der Waals surface area contributed by atoms with Crippen LogP contribution in [0, 0.1) is 0 Å². The minimum atomic E-state index is 0. The number of rotatable bonds is 6. The molecule has 2 aliphatic heterocycles. The van der Waals surface area contributed by atoms with Gasteiger partial charge in [-0.05, 0) is 55.7 Å². The fraction of sp³-hybridized carbons (Fsp3) is 0.650. The lowest BCUT2D eigenvalue weighted by Crippen LogP contribution is -2.39. The van der Waals surface area contributed by atoms with Gasteiger partial charge in [0.25, 0.3) is 0 Å². The van der Waals surface area contributed by atoms with Crippen molar-refractivity contribution in [2.24, 2.45) is 4.99 Å². The molecule has 146 valence electrons. The highest BCUT2D eigenvalue weighted by molar-refractivity contribution is 14.0. The molecule has 0 amide bonds. The Morgan fingerprint density at radius 2 is 1.81 bits per heavy atom. The molecule has 2 aliphatic rings. The number of hydrogen-bond acceptors (Lipinski definition) is 3. The van der Waals surface area contributed by atoms with Crippen LogP contribution in [0.15, 0.2) is 29.3 Å². The van der Waals surface area contributed by atoms with Crippen LogP contribution in [0.3, 0.4) is 0 Å². The Labute approximate surface area is 180 Å². The van der Waals surface area contributed by atoms with Crippen LogP contribution in [0.4, 0.5) is 0 Å².